The molecule has 3 heterocycles. The van der Waals surface area contributed by atoms with E-state index in [4.69, 9.17) is 20.0 Å². The van der Waals surface area contributed by atoms with E-state index in [1.54, 1.807) is 27.2 Å². The van der Waals surface area contributed by atoms with Crippen molar-refractivity contribution in [2.24, 2.45) is 0 Å². The molecule has 3 aromatic rings. The number of nitrogens with two attached hydrogens (primary N) is 1. The van der Waals surface area contributed by atoms with E-state index in [1.807, 2.05) is 24.3 Å². The molecule has 202 valence electrons. The molecule has 0 saturated carbocycles. The van der Waals surface area contributed by atoms with Crippen LogP contribution in [0.25, 0.3) is 0 Å². The Morgan fingerprint density at radius 1 is 1.13 bits per heavy atom. The Bertz CT molecular complexity index is 1270. The quantitative estimate of drug-likeness (QED) is 0.370. The second-order valence-corrected chi connectivity index (χ2v) is 7.77. The highest BCUT2D eigenvalue weighted by Gasteiger charge is 2.30. The van der Waals surface area contributed by atoms with E-state index in [0.717, 1.165) is 29.4 Å². The second kappa shape index (κ2) is 13.3. The van der Waals surface area contributed by atoms with Crippen molar-refractivity contribution in [3.63, 3.8) is 0 Å². The number of allylic oxidation sites excluding steroid dienone is 3. The van der Waals surface area contributed by atoms with Crippen molar-refractivity contribution in [2.75, 3.05) is 20.0 Å². The summed E-state index contributed by atoms with van der Waals surface area (Å²) in [5.41, 5.74) is 8.71. The lowest BCUT2D eigenvalue weighted by molar-refractivity contribution is -0.137. The fraction of sp³-hybridized carbons (Fsp3) is 0.292. The number of halogens is 3. The lowest BCUT2D eigenvalue weighted by atomic mass is 10.1. The number of alkyl halides is 3. The van der Waals surface area contributed by atoms with Gasteiger partial charge in [0.05, 0.1) is 31.0 Å². The number of nitrogens with one attached hydrogen (secondary N) is 2. The number of aromatic nitrogens is 6. The summed E-state index contributed by atoms with van der Waals surface area (Å²) in [7, 11) is 3.28. The minimum atomic E-state index is -4.38. The van der Waals surface area contributed by atoms with Crippen molar-refractivity contribution in [3.05, 3.63) is 89.1 Å². The molecule has 0 spiro atoms. The minimum absolute atomic E-state index is 0.0894. The van der Waals surface area contributed by atoms with Gasteiger partial charge in [-0.3, -0.25) is 10.1 Å². The highest BCUT2D eigenvalue weighted by atomic mass is 19.4. The molecule has 3 aromatic heterocycles. The molecular weight excluding hydrogens is 505 g/mol. The van der Waals surface area contributed by atoms with E-state index < -0.39 is 11.7 Å². The molecular formula is C24H27F3N8O3. The summed E-state index contributed by atoms with van der Waals surface area (Å²) in [4.78, 5) is 20.8. The van der Waals surface area contributed by atoms with Gasteiger partial charge in [-0.2, -0.15) is 23.1 Å². The Balaban J connectivity index is 0.000000212. The Hall–Kier alpha value is -4.30. The first-order chi connectivity index (χ1) is 18.2. The number of rotatable bonds is 8. The average molecular weight is 533 g/mol. The maximum Gasteiger partial charge on any atom is 0.417 e. The average Bonchev–Trinajstić information content (AvgIpc) is 3.18. The summed E-state index contributed by atoms with van der Waals surface area (Å²) < 4.78 is 47.6. The lowest BCUT2D eigenvalue weighted by Crippen LogP contribution is -2.19. The van der Waals surface area contributed by atoms with Crippen LogP contribution in [0.2, 0.25) is 0 Å². The van der Waals surface area contributed by atoms with Crippen molar-refractivity contribution < 1.29 is 27.5 Å². The van der Waals surface area contributed by atoms with E-state index in [1.165, 1.54) is 12.3 Å². The second-order valence-electron chi connectivity index (χ2n) is 7.77. The van der Waals surface area contributed by atoms with Gasteiger partial charge in [0.1, 0.15) is 17.4 Å². The van der Waals surface area contributed by atoms with Crippen molar-refractivity contribution in [2.45, 2.75) is 32.2 Å². The Kier molecular flexibility index (Phi) is 9.90. The number of hydrogen-bond donors (Lipinski definition) is 3. The van der Waals surface area contributed by atoms with Gasteiger partial charge in [-0.25, -0.2) is 4.98 Å². The summed E-state index contributed by atoms with van der Waals surface area (Å²) in [6, 6.07) is 3.81. The molecule has 11 nitrogen and oxygen atoms in total. The van der Waals surface area contributed by atoms with Crippen LogP contribution in [0.4, 0.5) is 19.1 Å². The Labute approximate surface area is 216 Å². The summed E-state index contributed by atoms with van der Waals surface area (Å²) in [5, 5.41) is 6.57. The van der Waals surface area contributed by atoms with Gasteiger partial charge < -0.3 is 20.0 Å². The fourth-order valence-electron chi connectivity index (χ4n) is 3.05. The zero-order valence-corrected chi connectivity index (χ0v) is 20.9. The van der Waals surface area contributed by atoms with Crippen molar-refractivity contribution in [1.82, 2.24) is 35.6 Å². The number of anilines is 1. The lowest BCUT2D eigenvalue weighted by Gasteiger charge is -2.08. The predicted octanol–water partition coefficient (Wildman–Crippen LogP) is 3.25. The van der Waals surface area contributed by atoms with Crippen LogP contribution in [-0.4, -0.2) is 50.5 Å². The van der Waals surface area contributed by atoms with Crippen LogP contribution in [-0.2, 0) is 28.6 Å². The number of nitrogen functional groups attached to an aromatic ring is 1. The molecule has 0 radical (unpaired) electrons. The predicted molar refractivity (Wildman–Crippen MR) is 131 cm³/mol. The van der Waals surface area contributed by atoms with Gasteiger partial charge in [0, 0.05) is 32.0 Å². The molecule has 4 rings (SSSR count). The molecule has 0 aromatic carbocycles. The molecule has 1 aliphatic rings. The van der Waals surface area contributed by atoms with Crippen LogP contribution in [0.3, 0.4) is 0 Å². The van der Waals surface area contributed by atoms with E-state index >= 15 is 0 Å². The third kappa shape index (κ3) is 8.97. The number of aromatic amines is 1. The monoisotopic (exact) mass is 532 g/mol. The van der Waals surface area contributed by atoms with Crippen molar-refractivity contribution >= 4 is 5.95 Å². The van der Waals surface area contributed by atoms with Gasteiger partial charge in [-0.15, -0.1) is 10.6 Å². The molecule has 0 amide bonds. The molecule has 0 saturated heterocycles. The third-order valence-electron chi connectivity index (χ3n) is 4.92. The van der Waals surface area contributed by atoms with E-state index in [2.05, 4.69) is 35.6 Å². The molecule has 1 unspecified atom stereocenters. The number of ether oxygens (including phenoxy) is 2. The summed E-state index contributed by atoms with van der Waals surface area (Å²) in [5.74, 6) is 2.60. The number of hydrogen-bond acceptors (Lipinski definition) is 10. The third-order valence-corrected chi connectivity index (χ3v) is 4.92. The highest BCUT2D eigenvalue weighted by Crippen LogP contribution is 2.28. The van der Waals surface area contributed by atoms with Gasteiger partial charge in [-0.05, 0) is 36.8 Å². The molecule has 0 fully saturated rings. The maximum atomic E-state index is 12.3. The van der Waals surface area contributed by atoms with Crippen LogP contribution >= 0.6 is 0 Å². The van der Waals surface area contributed by atoms with Crippen LogP contribution < -0.4 is 16.1 Å². The minimum Gasteiger partial charge on any atom is -0.497 e. The zero-order valence-electron chi connectivity index (χ0n) is 20.9. The first-order valence-electron chi connectivity index (χ1n) is 11.2. The van der Waals surface area contributed by atoms with Gasteiger partial charge in [0.2, 0.25) is 11.8 Å². The Morgan fingerprint density at radius 2 is 1.95 bits per heavy atom. The number of methoxy groups -OCH3 is 2. The van der Waals surface area contributed by atoms with Crippen LogP contribution in [0.1, 0.15) is 22.9 Å². The van der Waals surface area contributed by atoms with E-state index in [0.29, 0.717) is 23.8 Å². The van der Waals surface area contributed by atoms with Crippen LogP contribution in [0.15, 0.2) is 66.2 Å². The van der Waals surface area contributed by atoms with Gasteiger partial charge in [-0.1, -0.05) is 12.2 Å². The molecule has 0 bridgehead atoms. The van der Waals surface area contributed by atoms with Crippen LogP contribution in [0, 0.1) is 6.92 Å². The first kappa shape index (κ1) is 28.3. The number of H-pyrrole nitrogens is 1. The van der Waals surface area contributed by atoms with Crippen molar-refractivity contribution in [3.8, 4) is 5.88 Å². The standard InChI is InChI=1S/C12H11F3N4O.C12H16N4O2/c1-8-16-5-4-11(19-8)20-18-7-10-3-2-9(6-17-10)12(13,14)15;1-17-9-4-3-8(5-10(7-9)18-2)6-11-14-12(13)16-15-11/h2-6,18H,7H2,1H3;3-5,7,9H,6H2,1-2H3,(H3,13,14,15,16). The number of nitrogens with zero attached hydrogens (tertiary/aromatic N) is 5. The zero-order chi connectivity index (χ0) is 27.5. The van der Waals surface area contributed by atoms with E-state index in [9.17, 15) is 13.2 Å². The topological polar surface area (TPSA) is 146 Å². The molecule has 0 aliphatic heterocycles. The van der Waals surface area contributed by atoms with Gasteiger partial charge >= 0.3 is 6.18 Å². The summed E-state index contributed by atoms with van der Waals surface area (Å²) in [6.45, 7) is 1.87. The SMILES string of the molecule is COC1=CC(OC)C=CC(Cc2nc(N)n[nH]2)=C1.Cc1nccc(ONCc2ccc(C(F)(F)F)cn2)n1. The normalized spacial score (nSPS) is 15.1. The smallest absolute Gasteiger partial charge is 0.417 e. The van der Waals surface area contributed by atoms with E-state index in [-0.39, 0.29) is 18.6 Å². The number of hydroxylamine groups is 1. The first-order valence-corrected chi connectivity index (χ1v) is 11.2. The van der Waals surface area contributed by atoms with Crippen molar-refractivity contribution in [1.29, 1.82) is 0 Å². The molecule has 1 aliphatic carbocycles. The molecule has 14 heteroatoms. The largest absolute Gasteiger partial charge is 0.497 e. The summed E-state index contributed by atoms with van der Waals surface area (Å²) in [6.07, 6.45) is 6.24. The number of aryl methyl sites for hydroxylation is 1. The number of pyridine rings is 1. The highest BCUT2D eigenvalue weighted by molar-refractivity contribution is 5.35. The Morgan fingerprint density at radius 3 is 2.55 bits per heavy atom. The maximum absolute atomic E-state index is 12.3. The molecule has 4 N–H and O–H groups in total. The molecule has 1 atom stereocenters. The molecule has 38 heavy (non-hydrogen) atoms. The fourth-order valence-corrected chi connectivity index (χ4v) is 3.05. The van der Waals surface area contributed by atoms with Gasteiger partial charge in [0.25, 0.3) is 0 Å². The van der Waals surface area contributed by atoms with Gasteiger partial charge in [0.15, 0.2) is 0 Å². The van der Waals surface area contributed by atoms with Crippen LogP contribution in [0.5, 0.6) is 5.88 Å². The summed E-state index contributed by atoms with van der Waals surface area (Å²) >= 11 is 0.